The maximum absolute atomic E-state index is 13.0. The summed E-state index contributed by atoms with van der Waals surface area (Å²) in [5.74, 6) is 2.30. The smallest absolute Gasteiger partial charge is 0.235 e. The lowest BCUT2D eigenvalue weighted by molar-refractivity contribution is -0.118. The van der Waals surface area contributed by atoms with Crippen LogP contribution >= 0.6 is 0 Å². The SMILES string of the molecule is COc1ccc(-c2ccc(NC(=O)C3(c4ccc5c(c4)OCO5)CC3)cc2)cc1. The number of hydrogen-bond donors (Lipinski definition) is 1. The zero-order valence-corrected chi connectivity index (χ0v) is 16.1. The van der Waals surface area contributed by atoms with Crippen LogP contribution in [-0.4, -0.2) is 19.8 Å². The van der Waals surface area contributed by atoms with Gasteiger partial charge >= 0.3 is 0 Å². The van der Waals surface area contributed by atoms with Crippen molar-refractivity contribution in [1.29, 1.82) is 0 Å². The molecule has 29 heavy (non-hydrogen) atoms. The van der Waals surface area contributed by atoms with Crippen LogP contribution in [0.4, 0.5) is 5.69 Å². The second-order valence-electron chi connectivity index (χ2n) is 7.41. The second kappa shape index (κ2) is 6.85. The number of amides is 1. The van der Waals surface area contributed by atoms with Crippen molar-refractivity contribution in [3.05, 3.63) is 72.3 Å². The Labute approximate surface area is 169 Å². The third-order valence-electron chi connectivity index (χ3n) is 5.68. The van der Waals surface area contributed by atoms with E-state index < -0.39 is 5.41 Å². The molecule has 1 amide bonds. The number of methoxy groups -OCH3 is 1. The summed E-state index contributed by atoms with van der Waals surface area (Å²) >= 11 is 0. The van der Waals surface area contributed by atoms with Crippen molar-refractivity contribution in [2.24, 2.45) is 0 Å². The Hall–Kier alpha value is -3.47. The maximum atomic E-state index is 13.0. The van der Waals surface area contributed by atoms with E-state index in [0.29, 0.717) is 5.75 Å². The van der Waals surface area contributed by atoms with Crippen molar-refractivity contribution in [3.8, 4) is 28.4 Å². The van der Waals surface area contributed by atoms with Gasteiger partial charge in [-0.15, -0.1) is 0 Å². The minimum absolute atomic E-state index is 0.0218. The third kappa shape index (κ3) is 3.18. The van der Waals surface area contributed by atoms with E-state index in [0.717, 1.165) is 46.7 Å². The molecule has 0 atom stereocenters. The molecule has 1 fully saturated rings. The van der Waals surface area contributed by atoms with Crippen molar-refractivity contribution < 1.29 is 19.0 Å². The Morgan fingerprint density at radius 1 is 0.897 bits per heavy atom. The molecule has 5 rings (SSSR count). The molecule has 0 unspecified atom stereocenters. The van der Waals surface area contributed by atoms with Crippen LogP contribution in [0.1, 0.15) is 18.4 Å². The summed E-state index contributed by atoms with van der Waals surface area (Å²) in [6.45, 7) is 0.235. The monoisotopic (exact) mass is 387 g/mol. The second-order valence-corrected chi connectivity index (χ2v) is 7.41. The van der Waals surface area contributed by atoms with Crippen LogP contribution in [-0.2, 0) is 10.2 Å². The predicted octanol–water partition coefficient (Wildman–Crippen LogP) is 4.76. The molecule has 0 radical (unpaired) electrons. The largest absolute Gasteiger partial charge is 0.497 e. The van der Waals surface area contributed by atoms with Crippen molar-refractivity contribution >= 4 is 11.6 Å². The molecule has 0 bridgehead atoms. The molecule has 0 saturated heterocycles. The van der Waals surface area contributed by atoms with Crippen LogP contribution in [0, 0.1) is 0 Å². The molecule has 1 aliphatic carbocycles. The van der Waals surface area contributed by atoms with E-state index in [1.807, 2.05) is 66.7 Å². The molecule has 5 nitrogen and oxygen atoms in total. The molecule has 2 aliphatic rings. The summed E-state index contributed by atoms with van der Waals surface area (Å²) in [7, 11) is 1.66. The first-order chi connectivity index (χ1) is 14.2. The summed E-state index contributed by atoms with van der Waals surface area (Å²) in [4.78, 5) is 13.0. The van der Waals surface area contributed by atoms with E-state index in [2.05, 4.69) is 5.32 Å². The average molecular weight is 387 g/mol. The van der Waals surface area contributed by atoms with Gasteiger partial charge in [0.25, 0.3) is 0 Å². The highest BCUT2D eigenvalue weighted by molar-refractivity contribution is 6.01. The van der Waals surface area contributed by atoms with Gasteiger partial charge in [-0.3, -0.25) is 4.79 Å². The molecular formula is C24H21NO4. The topological polar surface area (TPSA) is 56.8 Å². The molecule has 0 aromatic heterocycles. The lowest BCUT2D eigenvalue weighted by Crippen LogP contribution is -2.27. The molecule has 1 heterocycles. The number of benzene rings is 3. The Morgan fingerprint density at radius 3 is 2.21 bits per heavy atom. The number of anilines is 1. The number of fused-ring (bicyclic) bond motifs is 1. The average Bonchev–Trinajstić information content (AvgIpc) is 3.45. The zero-order chi connectivity index (χ0) is 19.8. The van der Waals surface area contributed by atoms with Crippen molar-refractivity contribution in [1.82, 2.24) is 0 Å². The Bertz CT molecular complexity index is 1050. The highest BCUT2D eigenvalue weighted by atomic mass is 16.7. The molecule has 0 spiro atoms. The first kappa shape index (κ1) is 17.6. The molecular weight excluding hydrogens is 366 g/mol. The third-order valence-corrected chi connectivity index (χ3v) is 5.68. The Kier molecular flexibility index (Phi) is 4.16. The van der Waals surface area contributed by atoms with Crippen LogP contribution in [0.5, 0.6) is 17.2 Å². The minimum Gasteiger partial charge on any atom is -0.497 e. The van der Waals surface area contributed by atoms with Gasteiger partial charge in [0.2, 0.25) is 12.7 Å². The number of ether oxygens (including phenoxy) is 3. The summed E-state index contributed by atoms with van der Waals surface area (Å²) in [6.07, 6.45) is 1.67. The van der Waals surface area contributed by atoms with Gasteiger partial charge in [0.15, 0.2) is 11.5 Å². The fraction of sp³-hybridized carbons (Fsp3) is 0.208. The number of carbonyl (C=O) groups is 1. The minimum atomic E-state index is -0.477. The summed E-state index contributed by atoms with van der Waals surface area (Å²) in [5, 5.41) is 3.08. The quantitative estimate of drug-likeness (QED) is 0.686. The zero-order valence-electron chi connectivity index (χ0n) is 16.1. The maximum Gasteiger partial charge on any atom is 0.235 e. The molecule has 5 heteroatoms. The van der Waals surface area contributed by atoms with Crippen LogP contribution in [0.2, 0.25) is 0 Å². The van der Waals surface area contributed by atoms with E-state index in [4.69, 9.17) is 14.2 Å². The predicted molar refractivity (Wildman–Crippen MR) is 111 cm³/mol. The van der Waals surface area contributed by atoms with Crippen LogP contribution in [0.3, 0.4) is 0 Å². The van der Waals surface area contributed by atoms with Crippen molar-refractivity contribution in [2.75, 3.05) is 19.2 Å². The van der Waals surface area contributed by atoms with Gasteiger partial charge in [-0.2, -0.15) is 0 Å². The summed E-state index contributed by atoms with van der Waals surface area (Å²) < 4.78 is 16.0. The Morgan fingerprint density at radius 2 is 1.55 bits per heavy atom. The molecule has 3 aromatic carbocycles. The van der Waals surface area contributed by atoms with Gasteiger partial charge in [-0.1, -0.05) is 30.3 Å². The van der Waals surface area contributed by atoms with Crippen molar-refractivity contribution in [3.63, 3.8) is 0 Å². The number of rotatable bonds is 5. The van der Waals surface area contributed by atoms with E-state index in [1.165, 1.54) is 0 Å². The number of hydrogen-bond acceptors (Lipinski definition) is 4. The molecule has 1 N–H and O–H groups in total. The molecule has 146 valence electrons. The Balaban J connectivity index is 1.31. The van der Waals surface area contributed by atoms with Gasteiger partial charge in [0.1, 0.15) is 5.75 Å². The first-order valence-corrected chi connectivity index (χ1v) is 9.64. The lowest BCUT2D eigenvalue weighted by atomic mass is 9.94. The van der Waals surface area contributed by atoms with Gasteiger partial charge < -0.3 is 19.5 Å². The van der Waals surface area contributed by atoms with Gasteiger partial charge in [0.05, 0.1) is 12.5 Å². The van der Waals surface area contributed by atoms with Crippen LogP contribution < -0.4 is 19.5 Å². The normalized spacial score (nSPS) is 15.6. The van der Waals surface area contributed by atoms with Gasteiger partial charge in [-0.05, 0) is 65.9 Å². The van der Waals surface area contributed by atoms with Crippen LogP contribution in [0.25, 0.3) is 11.1 Å². The summed E-state index contributed by atoms with van der Waals surface area (Å²) in [6, 6.07) is 21.6. The van der Waals surface area contributed by atoms with E-state index in [-0.39, 0.29) is 12.7 Å². The van der Waals surface area contributed by atoms with E-state index in [1.54, 1.807) is 7.11 Å². The van der Waals surface area contributed by atoms with Gasteiger partial charge in [-0.25, -0.2) is 0 Å². The lowest BCUT2D eigenvalue weighted by Gasteiger charge is -2.16. The highest BCUT2D eigenvalue weighted by Crippen LogP contribution is 2.51. The summed E-state index contributed by atoms with van der Waals surface area (Å²) in [5.41, 5.74) is 3.48. The first-order valence-electron chi connectivity index (χ1n) is 9.64. The van der Waals surface area contributed by atoms with Crippen molar-refractivity contribution in [2.45, 2.75) is 18.3 Å². The molecule has 1 saturated carbocycles. The highest BCUT2D eigenvalue weighted by Gasteiger charge is 2.51. The molecule has 3 aromatic rings. The van der Waals surface area contributed by atoms with Crippen LogP contribution in [0.15, 0.2) is 66.7 Å². The van der Waals surface area contributed by atoms with E-state index >= 15 is 0 Å². The standard InChI is InChI=1S/C24H21NO4/c1-27-20-9-4-17(5-10-20)16-2-7-19(8-3-16)25-23(26)24(12-13-24)18-6-11-21-22(14-18)29-15-28-21/h2-11,14H,12-13,15H2,1H3,(H,25,26). The fourth-order valence-electron chi connectivity index (χ4n) is 3.75. The van der Waals surface area contributed by atoms with E-state index in [9.17, 15) is 4.79 Å². The number of carbonyl (C=O) groups excluding carboxylic acids is 1. The fourth-order valence-corrected chi connectivity index (χ4v) is 3.75. The van der Waals surface area contributed by atoms with Gasteiger partial charge in [0, 0.05) is 5.69 Å². The molecule has 1 aliphatic heterocycles. The number of nitrogens with one attached hydrogen (secondary N) is 1.